The summed E-state index contributed by atoms with van der Waals surface area (Å²) in [5.74, 6) is 2.00. The number of imidazole rings is 1. The van der Waals surface area contributed by atoms with Crippen molar-refractivity contribution in [2.45, 2.75) is 18.3 Å². The molecule has 22 heavy (non-hydrogen) atoms. The lowest BCUT2D eigenvalue weighted by molar-refractivity contribution is 0.0337. The van der Waals surface area contributed by atoms with Gasteiger partial charge in [-0.1, -0.05) is 0 Å². The predicted molar refractivity (Wildman–Crippen MR) is 84.2 cm³/mol. The van der Waals surface area contributed by atoms with Crippen LogP contribution in [0, 0.1) is 0 Å². The number of rotatable bonds is 4. The van der Waals surface area contributed by atoms with Crippen molar-refractivity contribution in [1.29, 1.82) is 0 Å². The minimum atomic E-state index is -0.727. The molecular formula is C12H20N6O3S. The molecule has 122 valence electrons. The number of nitrogens with zero attached hydrogens (tertiary/aromatic N) is 3. The zero-order valence-electron chi connectivity index (χ0n) is 11.9. The van der Waals surface area contributed by atoms with Crippen molar-refractivity contribution in [3.8, 4) is 0 Å². The van der Waals surface area contributed by atoms with Crippen LogP contribution in [-0.4, -0.2) is 73.1 Å². The molecular weight excluding hydrogens is 308 g/mol. The minimum Gasteiger partial charge on any atom is -0.388 e. The third-order valence-corrected chi connectivity index (χ3v) is 4.14. The van der Waals surface area contributed by atoms with Crippen molar-refractivity contribution < 1.29 is 14.9 Å². The molecule has 0 aromatic carbocycles. The molecule has 2 aromatic heterocycles. The van der Waals surface area contributed by atoms with Crippen LogP contribution in [0.1, 0.15) is 0 Å². The summed E-state index contributed by atoms with van der Waals surface area (Å²) < 4.78 is 5.16. The van der Waals surface area contributed by atoms with E-state index in [0.717, 1.165) is 5.75 Å². The molecule has 0 spiro atoms. The first kappa shape index (κ1) is 16.9. The molecule has 0 radical (unpaired) electrons. The Balaban J connectivity index is 0.000000162. The molecule has 10 heteroatoms. The number of nitrogen functional groups attached to an aromatic ring is 1. The van der Waals surface area contributed by atoms with Crippen molar-refractivity contribution in [1.82, 2.24) is 19.9 Å². The number of aromatic nitrogens is 4. The van der Waals surface area contributed by atoms with Crippen LogP contribution < -0.4 is 11.5 Å². The first-order valence-electron chi connectivity index (χ1n) is 6.78. The Labute approximate surface area is 131 Å². The number of anilines is 1. The van der Waals surface area contributed by atoms with Gasteiger partial charge < -0.3 is 31.4 Å². The molecule has 0 aliphatic carbocycles. The van der Waals surface area contributed by atoms with Crippen LogP contribution in [0.4, 0.5) is 5.82 Å². The lowest BCUT2D eigenvalue weighted by atomic mass is 10.2. The molecule has 0 amide bonds. The van der Waals surface area contributed by atoms with Crippen molar-refractivity contribution in [2.24, 2.45) is 5.73 Å². The van der Waals surface area contributed by atoms with Gasteiger partial charge in [-0.15, -0.1) is 0 Å². The fraction of sp³-hybridized carbons (Fsp3) is 0.583. The normalized spacial score (nSPS) is 24.2. The van der Waals surface area contributed by atoms with E-state index in [0.29, 0.717) is 29.3 Å². The van der Waals surface area contributed by atoms with E-state index >= 15 is 0 Å². The molecule has 1 aliphatic rings. The Hall–Kier alpha value is -1.46. The number of hydrogen-bond donors (Lipinski definition) is 5. The smallest absolute Gasteiger partial charge is 0.182 e. The van der Waals surface area contributed by atoms with Gasteiger partial charge >= 0.3 is 0 Å². The maximum absolute atomic E-state index is 9.34. The van der Waals surface area contributed by atoms with Gasteiger partial charge in [0.1, 0.15) is 24.1 Å². The maximum Gasteiger partial charge on any atom is 0.182 e. The van der Waals surface area contributed by atoms with Crippen LogP contribution in [0.5, 0.6) is 0 Å². The van der Waals surface area contributed by atoms with E-state index in [1.54, 1.807) is 11.8 Å². The first-order chi connectivity index (χ1) is 10.6. The largest absolute Gasteiger partial charge is 0.388 e. The second-order valence-corrected chi connectivity index (χ2v) is 5.80. The molecule has 0 bridgehead atoms. The predicted octanol–water partition coefficient (Wildman–Crippen LogP) is -1.27. The van der Waals surface area contributed by atoms with Crippen LogP contribution in [0.15, 0.2) is 12.7 Å². The summed E-state index contributed by atoms with van der Waals surface area (Å²) in [4.78, 5) is 14.4. The van der Waals surface area contributed by atoms with E-state index in [9.17, 15) is 5.11 Å². The lowest BCUT2D eigenvalue weighted by Crippen LogP contribution is -2.31. The van der Waals surface area contributed by atoms with Crippen LogP contribution in [0.3, 0.4) is 0 Å². The third-order valence-electron chi connectivity index (χ3n) is 3.05. The molecule has 1 fully saturated rings. The summed E-state index contributed by atoms with van der Waals surface area (Å²) in [7, 11) is 0. The first-order valence-corrected chi connectivity index (χ1v) is 7.94. The van der Waals surface area contributed by atoms with Gasteiger partial charge in [0, 0.05) is 18.1 Å². The molecule has 2 aromatic rings. The fourth-order valence-corrected chi connectivity index (χ4v) is 2.74. The molecule has 0 saturated carbocycles. The number of nitrogens with one attached hydrogen (secondary N) is 1. The maximum atomic E-state index is 9.34. The van der Waals surface area contributed by atoms with Gasteiger partial charge in [-0.05, 0) is 0 Å². The number of H-pyrrole nitrogens is 1. The molecule has 2 unspecified atom stereocenters. The monoisotopic (exact) mass is 328 g/mol. The van der Waals surface area contributed by atoms with Crippen molar-refractivity contribution in [3.05, 3.63) is 12.7 Å². The number of aliphatic hydroxyl groups is 2. The molecule has 3 rings (SSSR count). The zero-order chi connectivity index (χ0) is 15.9. The quantitative estimate of drug-likeness (QED) is 0.432. The SMILES string of the molecule is NCCSC[C@@H]1OCC(O)C1O.Nc1ncnc2nc[nH]c12. The number of nitrogens with two attached hydrogens (primary N) is 2. The average Bonchev–Trinajstić information content (AvgIpc) is 3.11. The Bertz CT molecular complexity index is 583. The summed E-state index contributed by atoms with van der Waals surface area (Å²) >= 11 is 1.64. The van der Waals surface area contributed by atoms with E-state index < -0.39 is 12.2 Å². The highest BCUT2D eigenvalue weighted by atomic mass is 32.2. The van der Waals surface area contributed by atoms with E-state index in [1.807, 2.05) is 0 Å². The van der Waals surface area contributed by atoms with Gasteiger partial charge in [0.25, 0.3) is 0 Å². The Morgan fingerprint density at radius 1 is 1.36 bits per heavy atom. The van der Waals surface area contributed by atoms with Crippen LogP contribution >= 0.6 is 11.8 Å². The van der Waals surface area contributed by atoms with Crippen molar-refractivity contribution in [2.75, 3.05) is 30.4 Å². The van der Waals surface area contributed by atoms with Gasteiger partial charge in [0.15, 0.2) is 11.5 Å². The summed E-state index contributed by atoms with van der Waals surface area (Å²) in [6, 6.07) is 0. The minimum absolute atomic E-state index is 0.225. The number of aliphatic hydroxyl groups excluding tert-OH is 2. The highest BCUT2D eigenvalue weighted by molar-refractivity contribution is 7.99. The number of hydrogen-bond acceptors (Lipinski definition) is 9. The standard InChI is InChI=1S/C7H15NO3S.C5H5N5/c8-1-2-12-4-6-7(10)5(9)3-11-6;6-4-3-5(9-1-7-3)10-2-8-4/h5-7,9-10H,1-4,8H2;1-2H,(H3,6,7,8,9,10)/t5?,6-,7?;/m0./s1. The van der Waals surface area contributed by atoms with Gasteiger partial charge in [0.2, 0.25) is 0 Å². The van der Waals surface area contributed by atoms with Gasteiger partial charge in [0.05, 0.1) is 19.0 Å². The van der Waals surface area contributed by atoms with Crippen molar-refractivity contribution >= 4 is 28.7 Å². The number of ether oxygens (including phenoxy) is 1. The highest BCUT2D eigenvalue weighted by Crippen LogP contribution is 2.18. The second kappa shape index (κ2) is 8.25. The van der Waals surface area contributed by atoms with Crippen LogP contribution in [0.2, 0.25) is 0 Å². The second-order valence-electron chi connectivity index (χ2n) is 4.65. The van der Waals surface area contributed by atoms with Crippen molar-refractivity contribution in [3.63, 3.8) is 0 Å². The van der Waals surface area contributed by atoms with E-state index in [1.165, 1.54) is 12.7 Å². The van der Waals surface area contributed by atoms with E-state index in [4.69, 9.17) is 21.3 Å². The Morgan fingerprint density at radius 2 is 2.18 bits per heavy atom. The molecule has 1 saturated heterocycles. The molecule has 9 nitrogen and oxygen atoms in total. The lowest BCUT2D eigenvalue weighted by Gasteiger charge is -2.13. The summed E-state index contributed by atoms with van der Waals surface area (Å²) in [5, 5.41) is 18.5. The van der Waals surface area contributed by atoms with Crippen LogP contribution in [0.25, 0.3) is 11.2 Å². The summed E-state index contributed by atoms with van der Waals surface area (Å²) in [6.07, 6.45) is 1.26. The molecule has 1 aliphatic heterocycles. The molecule has 7 N–H and O–H groups in total. The van der Waals surface area contributed by atoms with E-state index in [2.05, 4.69) is 19.9 Å². The Morgan fingerprint density at radius 3 is 2.82 bits per heavy atom. The highest BCUT2D eigenvalue weighted by Gasteiger charge is 2.33. The Kier molecular flexibility index (Phi) is 6.34. The average molecular weight is 328 g/mol. The number of thioether (sulfide) groups is 1. The molecule has 3 atom stereocenters. The topological polar surface area (TPSA) is 156 Å². The summed E-state index contributed by atoms with van der Waals surface area (Å²) in [6.45, 7) is 0.880. The van der Waals surface area contributed by atoms with E-state index in [-0.39, 0.29) is 12.7 Å². The number of aromatic amines is 1. The van der Waals surface area contributed by atoms with Gasteiger partial charge in [-0.2, -0.15) is 11.8 Å². The van der Waals surface area contributed by atoms with Crippen LogP contribution in [-0.2, 0) is 4.74 Å². The van der Waals surface area contributed by atoms with Gasteiger partial charge in [-0.25, -0.2) is 15.0 Å². The zero-order valence-corrected chi connectivity index (χ0v) is 12.7. The third kappa shape index (κ3) is 4.27. The van der Waals surface area contributed by atoms with Gasteiger partial charge in [-0.3, -0.25) is 0 Å². The number of fused-ring (bicyclic) bond motifs is 1. The fourth-order valence-electron chi connectivity index (χ4n) is 1.88. The summed E-state index contributed by atoms with van der Waals surface area (Å²) in [5.41, 5.74) is 12.1. The molecule has 3 heterocycles.